The minimum absolute atomic E-state index is 0.0724. The Morgan fingerprint density at radius 3 is 2.47 bits per heavy atom. The molecule has 0 fully saturated rings. The van der Waals surface area contributed by atoms with Gasteiger partial charge in [-0.2, -0.15) is 9.78 Å². The molecule has 0 aliphatic carbocycles. The summed E-state index contributed by atoms with van der Waals surface area (Å²) in [7, 11) is 3.07. The van der Waals surface area contributed by atoms with E-state index in [1.165, 1.54) is 30.1 Å². The van der Waals surface area contributed by atoms with Gasteiger partial charge in [-0.3, -0.25) is 14.9 Å². The molecule has 5 aromatic rings. The van der Waals surface area contributed by atoms with Gasteiger partial charge < -0.3 is 14.2 Å². The molecule has 11 nitrogen and oxygen atoms in total. The van der Waals surface area contributed by atoms with Crippen LogP contribution in [0.1, 0.15) is 36.5 Å². The molecule has 0 aliphatic rings. The fourth-order valence-electron chi connectivity index (χ4n) is 4.68. The van der Waals surface area contributed by atoms with Crippen LogP contribution in [0.15, 0.2) is 75.2 Å². The van der Waals surface area contributed by atoms with Crippen LogP contribution in [0.3, 0.4) is 0 Å². The number of aromatic nitrogens is 3. The van der Waals surface area contributed by atoms with Gasteiger partial charge in [0, 0.05) is 27.7 Å². The number of nitrogens with zero attached hydrogens (tertiary/aromatic N) is 5. The van der Waals surface area contributed by atoms with Crippen LogP contribution in [0.5, 0.6) is 23.1 Å². The third kappa shape index (κ3) is 6.24. The summed E-state index contributed by atoms with van der Waals surface area (Å²) in [5, 5.41) is 16.1. The zero-order valence-electron chi connectivity index (χ0n) is 24.9. The average Bonchev–Trinajstić information content (AvgIpc) is 3.03. The molecule has 5 rings (SSSR count). The number of fused-ring (bicyclic) bond motifs is 1. The highest BCUT2D eigenvalue weighted by molar-refractivity contribution is 9.10. The average molecular weight is 693 g/mol. The molecule has 0 amide bonds. The maximum absolute atomic E-state index is 13.8. The van der Waals surface area contributed by atoms with Crippen LogP contribution < -0.4 is 19.8 Å². The lowest BCUT2D eigenvalue weighted by Gasteiger charge is -2.17. The zero-order valence-corrected chi connectivity index (χ0v) is 27.2. The van der Waals surface area contributed by atoms with Crippen LogP contribution in [0.25, 0.3) is 22.3 Å². The zero-order chi connectivity index (χ0) is 32.4. The summed E-state index contributed by atoms with van der Waals surface area (Å²) in [6, 6.07) is 15.2. The van der Waals surface area contributed by atoms with Crippen molar-refractivity contribution in [3.05, 3.63) is 107 Å². The number of hydrogen-bond acceptors (Lipinski definition) is 9. The summed E-state index contributed by atoms with van der Waals surface area (Å²) in [5.41, 5.74) is 3.03. The van der Waals surface area contributed by atoms with Crippen molar-refractivity contribution < 1.29 is 19.1 Å². The number of nitro groups is 1. The summed E-state index contributed by atoms with van der Waals surface area (Å²) in [4.78, 5) is 33.1. The first-order valence-electron chi connectivity index (χ1n) is 13.6. The van der Waals surface area contributed by atoms with E-state index >= 15 is 0 Å². The van der Waals surface area contributed by atoms with E-state index < -0.39 is 4.92 Å². The molecule has 0 unspecified atom stereocenters. The van der Waals surface area contributed by atoms with E-state index in [9.17, 15) is 14.9 Å². The van der Waals surface area contributed by atoms with Gasteiger partial charge in [0.2, 0.25) is 5.88 Å². The largest absolute Gasteiger partial charge is 0.496 e. The van der Waals surface area contributed by atoms with Crippen molar-refractivity contribution in [2.45, 2.75) is 26.7 Å². The van der Waals surface area contributed by atoms with Crippen molar-refractivity contribution in [2.24, 2.45) is 5.10 Å². The topological polar surface area (TPSA) is 131 Å². The van der Waals surface area contributed by atoms with Crippen LogP contribution >= 0.6 is 27.5 Å². The SMILES string of the molecule is COc1cc(C)c(-c2nc3ccccc3c(=O)n2N=Cc2cc(OC)c(Oc3ccc([N+](=O)[O-])cn3)c(Cl)c2Br)cc1C(C)C. The Bertz CT molecular complexity index is 2030. The third-order valence-electron chi connectivity index (χ3n) is 7.02. The first-order valence-corrected chi connectivity index (χ1v) is 14.8. The van der Waals surface area contributed by atoms with E-state index in [-0.39, 0.29) is 39.6 Å². The van der Waals surface area contributed by atoms with Crippen LogP contribution in [-0.4, -0.2) is 40.0 Å². The number of para-hydroxylation sites is 1. The number of aryl methyl sites for hydroxylation is 1. The number of ether oxygens (including phenoxy) is 3. The standard InChI is InChI=1S/C32H27BrClN5O6/c1-17(2)22-14-23(18(3)12-25(22)43-4)31-37-24-9-7-6-8-21(24)32(40)38(31)36-15-19-13-26(44-5)30(29(34)28(19)33)45-27-11-10-20(16-35-27)39(41)42/h6-17H,1-5H3. The number of halogens is 2. The van der Waals surface area contributed by atoms with E-state index in [0.29, 0.717) is 26.8 Å². The highest BCUT2D eigenvalue weighted by atomic mass is 79.9. The van der Waals surface area contributed by atoms with Crippen LogP contribution in [-0.2, 0) is 0 Å². The molecule has 0 N–H and O–H groups in total. The molecule has 0 aliphatic heterocycles. The second kappa shape index (κ2) is 13.0. The number of benzene rings is 3. The van der Waals surface area contributed by atoms with Gasteiger partial charge in [0.25, 0.3) is 11.2 Å². The van der Waals surface area contributed by atoms with Crippen molar-refractivity contribution in [3.63, 3.8) is 0 Å². The lowest BCUT2D eigenvalue weighted by Crippen LogP contribution is -2.21. The van der Waals surface area contributed by atoms with Gasteiger partial charge in [0.05, 0.1) is 36.3 Å². The molecular weight excluding hydrogens is 666 g/mol. The Morgan fingerprint density at radius 2 is 1.82 bits per heavy atom. The lowest BCUT2D eigenvalue weighted by molar-refractivity contribution is -0.385. The van der Waals surface area contributed by atoms with Crippen LogP contribution in [0.2, 0.25) is 5.02 Å². The van der Waals surface area contributed by atoms with Gasteiger partial charge in [-0.1, -0.05) is 37.6 Å². The Morgan fingerprint density at radius 1 is 1.09 bits per heavy atom. The second-order valence-electron chi connectivity index (χ2n) is 10.2. The lowest BCUT2D eigenvalue weighted by atomic mass is 9.96. The maximum Gasteiger partial charge on any atom is 0.287 e. The second-order valence-corrected chi connectivity index (χ2v) is 11.4. The molecule has 230 valence electrons. The molecular formula is C32H27BrClN5O6. The molecule has 3 aromatic carbocycles. The predicted molar refractivity (Wildman–Crippen MR) is 176 cm³/mol. The molecule has 0 atom stereocenters. The molecule has 13 heteroatoms. The van der Waals surface area contributed by atoms with E-state index in [2.05, 4.69) is 39.9 Å². The van der Waals surface area contributed by atoms with Gasteiger partial charge in [-0.05, 0) is 70.2 Å². The van der Waals surface area contributed by atoms with Gasteiger partial charge in [-0.25, -0.2) is 9.97 Å². The van der Waals surface area contributed by atoms with Gasteiger partial charge >= 0.3 is 0 Å². The highest BCUT2D eigenvalue weighted by Gasteiger charge is 2.21. The van der Waals surface area contributed by atoms with E-state index in [4.69, 9.17) is 30.8 Å². The summed E-state index contributed by atoms with van der Waals surface area (Å²) in [6.45, 7) is 6.06. The summed E-state index contributed by atoms with van der Waals surface area (Å²) < 4.78 is 18.7. The maximum atomic E-state index is 13.8. The minimum atomic E-state index is -0.559. The monoisotopic (exact) mass is 691 g/mol. The van der Waals surface area contributed by atoms with Gasteiger partial charge in [0.1, 0.15) is 17.0 Å². The fourth-order valence-corrected chi connectivity index (χ4v) is 5.32. The quantitative estimate of drug-likeness (QED) is 0.0866. The normalized spacial score (nSPS) is 11.4. The number of pyridine rings is 1. The Balaban J connectivity index is 1.64. The Kier molecular flexibility index (Phi) is 9.16. The van der Waals surface area contributed by atoms with Crippen molar-refractivity contribution >= 4 is 50.3 Å². The smallest absolute Gasteiger partial charge is 0.287 e. The van der Waals surface area contributed by atoms with E-state index in [1.807, 2.05) is 25.1 Å². The molecule has 2 heterocycles. The first-order chi connectivity index (χ1) is 21.5. The summed E-state index contributed by atoms with van der Waals surface area (Å²) in [5.74, 6) is 1.70. The molecule has 0 spiro atoms. The minimum Gasteiger partial charge on any atom is -0.496 e. The highest BCUT2D eigenvalue weighted by Crippen LogP contribution is 2.44. The van der Waals surface area contributed by atoms with Crippen molar-refractivity contribution in [1.82, 2.24) is 14.6 Å². The van der Waals surface area contributed by atoms with Crippen molar-refractivity contribution in [1.29, 1.82) is 0 Å². The Hall–Kier alpha value is -4.81. The van der Waals surface area contributed by atoms with Gasteiger partial charge in [0.15, 0.2) is 17.3 Å². The van der Waals surface area contributed by atoms with Crippen molar-refractivity contribution in [3.8, 4) is 34.5 Å². The number of methoxy groups -OCH3 is 2. The third-order valence-corrected chi connectivity index (χ3v) is 8.46. The van der Waals surface area contributed by atoms with Crippen molar-refractivity contribution in [2.75, 3.05) is 14.2 Å². The van der Waals surface area contributed by atoms with Gasteiger partial charge in [-0.15, -0.1) is 0 Å². The molecule has 2 aromatic heterocycles. The molecule has 0 saturated heterocycles. The van der Waals surface area contributed by atoms with Crippen LogP contribution in [0, 0.1) is 17.0 Å². The Labute approximate surface area is 271 Å². The summed E-state index contributed by atoms with van der Waals surface area (Å²) in [6.07, 6.45) is 2.54. The van der Waals surface area contributed by atoms with Crippen LogP contribution in [0.4, 0.5) is 5.69 Å². The predicted octanol–water partition coefficient (Wildman–Crippen LogP) is 7.91. The molecule has 45 heavy (non-hydrogen) atoms. The fraction of sp³-hybridized carbons (Fsp3) is 0.188. The number of rotatable bonds is 9. The molecule has 0 radical (unpaired) electrons. The first kappa shape index (κ1) is 31.6. The molecule has 0 saturated carbocycles. The molecule has 0 bridgehead atoms. The van der Waals surface area contributed by atoms with E-state index in [0.717, 1.165) is 28.6 Å². The summed E-state index contributed by atoms with van der Waals surface area (Å²) >= 11 is 10.2. The number of hydrogen-bond donors (Lipinski definition) is 0. The van der Waals surface area contributed by atoms with E-state index in [1.54, 1.807) is 31.4 Å².